The minimum absolute atomic E-state index is 0.0589. The molecule has 0 saturated carbocycles. The van der Waals surface area contributed by atoms with Gasteiger partial charge in [-0.15, -0.1) is 0 Å². The highest BCUT2D eigenvalue weighted by molar-refractivity contribution is 6.67. The summed E-state index contributed by atoms with van der Waals surface area (Å²) in [6.07, 6.45) is 2.29. The first kappa shape index (κ1) is 18.1. The van der Waals surface area contributed by atoms with Gasteiger partial charge in [0.15, 0.2) is 0 Å². The van der Waals surface area contributed by atoms with Crippen LogP contribution in [0.1, 0.15) is 61.3 Å². The van der Waals surface area contributed by atoms with Gasteiger partial charge < -0.3 is 8.85 Å². The topological polar surface area (TPSA) is 21.7 Å². The van der Waals surface area contributed by atoms with Crippen molar-refractivity contribution in [1.82, 2.24) is 4.57 Å². The molecule has 0 fully saturated rings. The summed E-state index contributed by atoms with van der Waals surface area (Å²) in [6, 6.07) is 0. The lowest BCUT2D eigenvalue weighted by atomic mass is 10.3. The van der Waals surface area contributed by atoms with Gasteiger partial charge in [-0.25, -0.2) is 0 Å². The lowest BCUT2D eigenvalue weighted by Gasteiger charge is -2.47. The fourth-order valence-electron chi connectivity index (χ4n) is 2.47. The van der Waals surface area contributed by atoms with Gasteiger partial charge in [-0.1, -0.05) is 34.6 Å². The standard InChI is InChI=1S/C14H33NO2Si/c1-8-12-15(13-9-2)18(16-10-3,17-11-4)14(5,6)7/h8-13H2,1-7H3. The van der Waals surface area contributed by atoms with Crippen molar-refractivity contribution in [2.24, 2.45) is 0 Å². The van der Waals surface area contributed by atoms with E-state index in [1.54, 1.807) is 0 Å². The summed E-state index contributed by atoms with van der Waals surface area (Å²) in [6.45, 7) is 18.9. The predicted octanol–water partition coefficient (Wildman–Crippen LogP) is 3.92. The molecule has 0 aliphatic carbocycles. The van der Waals surface area contributed by atoms with E-state index in [0.29, 0.717) is 0 Å². The van der Waals surface area contributed by atoms with Crippen molar-refractivity contribution in [1.29, 1.82) is 0 Å². The van der Waals surface area contributed by atoms with E-state index in [1.165, 1.54) is 0 Å². The zero-order valence-electron chi connectivity index (χ0n) is 13.5. The van der Waals surface area contributed by atoms with Gasteiger partial charge in [-0.05, 0) is 39.8 Å². The molecule has 0 bridgehead atoms. The molecule has 0 aromatic rings. The molecule has 4 heteroatoms. The van der Waals surface area contributed by atoms with Gasteiger partial charge in [0.25, 0.3) is 0 Å². The van der Waals surface area contributed by atoms with Crippen LogP contribution >= 0.6 is 0 Å². The largest absolute Gasteiger partial charge is 0.433 e. The van der Waals surface area contributed by atoms with E-state index in [-0.39, 0.29) is 5.04 Å². The molecule has 0 saturated heterocycles. The minimum atomic E-state index is -2.34. The highest BCUT2D eigenvalue weighted by atomic mass is 28.4. The second-order valence-corrected chi connectivity index (χ2v) is 9.56. The summed E-state index contributed by atoms with van der Waals surface area (Å²) in [4.78, 5) is 0. The maximum Gasteiger partial charge on any atom is 0.433 e. The Labute approximate surface area is 115 Å². The molecule has 0 heterocycles. The van der Waals surface area contributed by atoms with Crippen LogP contribution in [-0.2, 0) is 8.85 Å². The van der Waals surface area contributed by atoms with Crippen LogP contribution in [0, 0.1) is 0 Å². The molecule has 0 aliphatic heterocycles. The Morgan fingerprint density at radius 2 is 1.22 bits per heavy atom. The summed E-state index contributed by atoms with van der Waals surface area (Å²) in [5, 5.41) is 0.0589. The Morgan fingerprint density at radius 1 is 0.833 bits per heavy atom. The maximum atomic E-state index is 6.24. The Morgan fingerprint density at radius 3 is 1.44 bits per heavy atom. The van der Waals surface area contributed by atoms with E-state index < -0.39 is 8.72 Å². The fraction of sp³-hybridized carbons (Fsp3) is 1.00. The lowest BCUT2D eigenvalue weighted by molar-refractivity contribution is 0.0977. The first-order chi connectivity index (χ1) is 8.39. The summed E-state index contributed by atoms with van der Waals surface area (Å²) in [5.74, 6) is 0. The normalized spacial score (nSPS) is 13.3. The maximum absolute atomic E-state index is 6.24. The third kappa shape index (κ3) is 4.33. The van der Waals surface area contributed by atoms with E-state index in [1.807, 2.05) is 0 Å². The predicted molar refractivity (Wildman–Crippen MR) is 80.9 cm³/mol. The zero-order chi connectivity index (χ0) is 14.2. The van der Waals surface area contributed by atoms with Crippen molar-refractivity contribution in [3.63, 3.8) is 0 Å². The molecule has 0 unspecified atom stereocenters. The summed E-state index contributed by atoms with van der Waals surface area (Å²) in [5.41, 5.74) is 0. The smallest absolute Gasteiger partial charge is 0.383 e. The van der Waals surface area contributed by atoms with Gasteiger partial charge in [0.05, 0.1) is 0 Å². The van der Waals surface area contributed by atoms with Crippen LogP contribution in [0.25, 0.3) is 0 Å². The van der Waals surface area contributed by atoms with E-state index in [0.717, 1.165) is 39.1 Å². The Bertz CT molecular complexity index is 204. The van der Waals surface area contributed by atoms with Crippen LogP contribution in [0.15, 0.2) is 0 Å². The van der Waals surface area contributed by atoms with E-state index in [2.05, 4.69) is 53.0 Å². The van der Waals surface area contributed by atoms with Crippen LogP contribution in [0.2, 0.25) is 5.04 Å². The Kier molecular flexibility index (Phi) is 8.35. The third-order valence-corrected chi connectivity index (χ3v) is 7.57. The molecule has 3 nitrogen and oxygen atoms in total. The zero-order valence-corrected chi connectivity index (χ0v) is 14.5. The van der Waals surface area contributed by atoms with E-state index in [4.69, 9.17) is 8.85 Å². The molecule has 0 amide bonds. The number of hydrogen-bond acceptors (Lipinski definition) is 3. The van der Waals surface area contributed by atoms with Crippen LogP contribution in [0.3, 0.4) is 0 Å². The number of hydrogen-bond donors (Lipinski definition) is 0. The van der Waals surface area contributed by atoms with E-state index in [9.17, 15) is 0 Å². The lowest BCUT2D eigenvalue weighted by Crippen LogP contribution is -2.64. The highest BCUT2D eigenvalue weighted by Crippen LogP contribution is 2.40. The molecule has 0 radical (unpaired) electrons. The van der Waals surface area contributed by atoms with Crippen LogP contribution in [-0.4, -0.2) is 39.6 Å². The molecular weight excluding hydrogens is 242 g/mol. The quantitative estimate of drug-likeness (QED) is 0.595. The van der Waals surface area contributed by atoms with E-state index >= 15 is 0 Å². The second-order valence-electron chi connectivity index (χ2n) is 5.68. The summed E-state index contributed by atoms with van der Waals surface area (Å²) in [7, 11) is -2.34. The molecule has 0 aromatic carbocycles. The first-order valence-corrected chi connectivity index (χ1v) is 9.18. The summed E-state index contributed by atoms with van der Waals surface area (Å²) < 4.78 is 15.0. The van der Waals surface area contributed by atoms with Gasteiger partial charge in [-0.2, -0.15) is 0 Å². The molecule has 0 rings (SSSR count). The molecule has 110 valence electrons. The van der Waals surface area contributed by atoms with Gasteiger partial charge in [-0.3, -0.25) is 4.57 Å². The van der Waals surface area contributed by atoms with Crippen molar-refractivity contribution in [2.75, 3.05) is 26.3 Å². The average Bonchev–Trinajstić information content (AvgIpc) is 2.27. The average molecular weight is 276 g/mol. The number of rotatable bonds is 9. The molecule has 0 aromatic heterocycles. The van der Waals surface area contributed by atoms with Crippen molar-refractivity contribution in [2.45, 2.75) is 66.3 Å². The minimum Gasteiger partial charge on any atom is -0.383 e. The molecule has 0 atom stereocenters. The van der Waals surface area contributed by atoms with Crippen LogP contribution in [0.5, 0.6) is 0 Å². The van der Waals surface area contributed by atoms with Gasteiger partial charge in [0, 0.05) is 18.3 Å². The third-order valence-electron chi connectivity index (χ3n) is 3.03. The van der Waals surface area contributed by atoms with Gasteiger partial charge >= 0.3 is 8.72 Å². The molecule has 0 spiro atoms. The molecule has 0 aliphatic rings. The number of nitrogens with zero attached hydrogens (tertiary/aromatic N) is 1. The molecule has 0 N–H and O–H groups in total. The fourth-order valence-corrected chi connectivity index (χ4v) is 6.55. The highest BCUT2D eigenvalue weighted by Gasteiger charge is 2.54. The van der Waals surface area contributed by atoms with Crippen molar-refractivity contribution in [3.05, 3.63) is 0 Å². The second kappa shape index (κ2) is 8.30. The van der Waals surface area contributed by atoms with Crippen molar-refractivity contribution < 1.29 is 8.85 Å². The van der Waals surface area contributed by atoms with Gasteiger partial charge in [0.2, 0.25) is 0 Å². The summed E-state index contributed by atoms with van der Waals surface area (Å²) >= 11 is 0. The van der Waals surface area contributed by atoms with Gasteiger partial charge in [0.1, 0.15) is 0 Å². The Balaban J connectivity index is 5.32. The SMILES string of the molecule is CCCN(CCC)[Si](OCC)(OCC)C(C)(C)C. The Hall–Kier alpha value is 0.0969. The molecule has 18 heavy (non-hydrogen) atoms. The first-order valence-electron chi connectivity index (χ1n) is 7.42. The van der Waals surface area contributed by atoms with Crippen molar-refractivity contribution in [3.8, 4) is 0 Å². The molecular formula is C14H33NO2Si. The van der Waals surface area contributed by atoms with Crippen LogP contribution in [0.4, 0.5) is 0 Å². The van der Waals surface area contributed by atoms with Crippen molar-refractivity contribution >= 4 is 8.72 Å². The monoisotopic (exact) mass is 275 g/mol. The van der Waals surface area contributed by atoms with Crippen LogP contribution < -0.4 is 0 Å².